The minimum atomic E-state index is -4.87. The van der Waals surface area contributed by atoms with Crippen molar-refractivity contribution in [1.82, 2.24) is 15.3 Å². The fourth-order valence-electron chi connectivity index (χ4n) is 2.05. The highest BCUT2D eigenvalue weighted by Gasteiger charge is 2.31. The van der Waals surface area contributed by atoms with Crippen molar-refractivity contribution in [2.75, 3.05) is 32.9 Å². The lowest BCUT2D eigenvalue weighted by Crippen LogP contribution is -2.55. The number of alkyl carbamates (subject to hydrolysis) is 1. The van der Waals surface area contributed by atoms with Gasteiger partial charge in [-0.05, 0) is 13.0 Å². The molecule has 2 aliphatic rings. The van der Waals surface area contributed by atoms with Crippen molar-refractivity contribution in [2.24, 2.45) is 10.7 Å². The summed E-state index contributed by atoms with van der Waals surface area (Å²) in [5, 5.41) is 2.78. The summed E-state index contributed by atoms with van der Waals surface area (Å²) in [6.07, 6.45) is -0.581. The molecule has 6 N–H and O–H groups in total. The Morgan fingerprint density at radius 3 is 2.72 bits per heavy atom. The molecule has 25 heavy (non-hydrogen) atoms. The molecule has 0 aliphatic carbocycles. The van der Waals surface area contributed by atoms with E-state index in [-0.39, 0.29) is 18.0 Å². The van der Waals surface area contributed by atoms with Gasteiger partial charge in [0, 0.05) is 13.1 Å². The van der Waals surface area contributed by atoms with Crippen LogP contribution in [0, 0.1) is 0 Å². The molecule has 1 saturated heterocycles. The molecule has 2 aliphatic heterocycles. The van der Waals surface area contributed by atoms with Crippen LogP contribution in [-0.4, -0.2) is 79.5 Å². The second kappa shape index (κ2) is 8.93. The molecular formula is C11H21N5O8S. The number of nitrogens with one attached hydrogen (secondary N) is 1. The summed E-state index contributed by atoms with van der Waals surface area (Å²) in [4.78, 5) is 17.6. The van der Waals surface area contributed by atoms with Gasteiger partial charge in [0.05, 0.1) is 19.8 Å². The summed E-state index contributed by atoms with van der Waals surface area (Å²) in [7, 11) is -4.87. The lowest BCUT2D eigenvalue weighted by Gasteiger charge is -2.35. The maximum atomic E-state index is 11.6. The predicted octanol–water partition coefficient (Wildman–Crippen LogP) is -2.23. The third kappa shape index (κ3) is 6.11. The van der Waals surface area contributed by atoms with Gasteiger partial charge in [0.2, 0.25) is 5.96 Å². The van der Waals surface area contributed by atoms with Crippen LogP contribution in [0.5, 0.6) is 0 Å². The standard InChI is InChI=1S/C11H19N5O7S.H2O/c1-2-22-11(17)14-10-13-9(15-3-5-21-6-4-15)7-8(12)16(10)23-24(18,19)20;/h7-8H,2-6,12H2,1H3,(H,13,14,17)(H,18,19,20);1H2. The second-order valence-corrected chi connectivity index (χ2v) is 5.73. The summed E-state index contributed by atoms with van der Waals surface area (Å²) < 4.78 is 45.1. The van der Waals surface area contributed by atoms with Crippen molar-refractivity contribution in [2.45, 2.75) is 13.1 Å². The molecule has 1 unspecified atom stereocenters. The van der Waals surface area contributed by atoms with Gasteiger partial charge in [0.25, 0.3) is 0 Å². The van der Waals surface area contributed by atoms with E-state index in [0.29, 0.717) is 37.2 Å². The molecule has 144 valence electrons. The highest BCUT2D eigenvalue weighted by molar-refractivity contribution is 7.80. The summed E-state index contributed by atoms with van der Waals surface area (Å²) >= 11 is 0. The molecule has 1 amide bonds. The van der Waals surface area contributed by atoms with E-state index in [9.17, 15) is 13.2 Å². The molecule has 0 spiro atoms. The van der Waals surface area contributed by atoms with E-state index in [4.69, 9.17) is 19.8 Å². The summed E-state index contributed by atoms with van der Waals surface area (Å²) in [6, 6.07) is 0. The Labute approximate surface area is 144 Å². The number of amides is 1. The lowest BCUT2D eigenvalue weighted by molar-refractivity contribution is -0.0172. The third-order valence-corrected chi connectivity index (χ3v) is 3.37. The highest BCUT2D eigenvalue weighted by atomic mass is 32.3. The Hall–Kier alpha value is -1.97. The van der Waals surface area contributed by atoms with Gasteiger partial charge < -0.3 is 25.6 Å². The average molecular weight is 383 g/mol. The first-order chi connectivity index (χ1) is 11.3. The topological polar surface area (TPSA) is 188 Å². The zero-order chi connectivity index (χ0) is 17.7. The van der Waals surface area contributed by atoms with Crippen LogP contribution in [0.3, 0.4) is 0 Å². The van der Waals surface area contributed by atoms with Crippen molar-refractivity contribution in [1.29, 1.82) is 0 Å². The number of ether oxygens (including phenoxy) is 2. The fraction of sp³-hybridized carbons (Fsp3) is 0.636. The van der Waals surface area contributed by atoms with E-state index in [2.05, 4.69) is 14.6 Å². The van der Waals surface area contributed by atoms with Crippen molar-refractivity contribution >= 4 is 22.5 Å². The van der Waals surface area contributed by atoms with Crippen molar-refractivity contribution in [3.8, 4) is 0 Å². The third-order valence-electron chi connectivity index (χ3n) is 3.02. The average Bonchev–Trinajstić information content (AvgIpc) is 2.50. The predicted molar refractivity (Wildman–Crippen MR) is 84.1 cm³/mol. The number of carbonyl (C=O) groups excluding carboxylic acids is 1. The normalized spacial score (nSPS) is 21.0. The van der Waals surface area contributed by atoms with E-state index >= 15 is 0 Å². The SMILES string of the molecule is CCOC(=O)NC1=NC(N2CCOCC2)=CC(N)N1OS(=O)(=O)O.O. The minimum Gasteiger partial charge on any atom is -0.450 e. The lowest BCUT2D eigenvalue weighted by atomic mass is 10.3. The summed E-state index contributed by atoms with van der Waals surface area (Å²) in [6.45, 7) is 3.78. The second-order valence-electron chi connectivity index (χ2n) is 4.72. The van der Waals surface area contributed by atoms with Crippen LogP contribution in [0.25, 0.3) is 0 Å². The molecule has 13 nitrogen and oxygen atoms in total. The number of hydroxylamine groups is 2. The first-order valence-corrected chi connectivity index (χ1v) is 8.45. The Balaban J connectivity index is 0.00000312. The number of rotatable bonds is 4. The molecular weight excluding hydrogens is 362 g/mol. The number of nitrogens with zero attached hydrogens (tertiary/aromatic N) is 3. The number of nitrogens with two attached hydrogens (primary N) is 1. The molecule has 0 aromatic heterocycles. The maximum Gasteiger partial charge on any atom is 0.418 e. The van der Waals surface area contributed by atoms with E-state index in [1.54, 1.807) is 6.92 Å². The molecule has 2 heterocycles. The number of morpholine rings is 1. The molecule has 0 aromatic carbocycles. The smallest absolute Gasteiger partial charge is 0.418 e. The number of carbonyl (C=O) groups is 1. The molecule has 2 rings (SSSR count). The van der Waals surface area contributed by atoms with E-state index in [0.717, 1.165) is 0 Å². The molecule has 0 bridgehead atoms. The largest absolute Gasteiger partial charge is 0.450 e. The van der Waals surface area contributed by atoms with Crippen LogP contribution in [-0.2, 0) is 24.2 Å². The number of aliphatic imine (C=N–C) groups is 1. The zero-order valence-corrected chi connectivity index (χ0v) is 14.2. The van der Waals surface area contributed by atoms with Gasteiger partial charge in [-0.2, -0.15) is 18.5 Å². The Morgan fingerprint density at radius 2 is 2.16 bits per heavy atom. The molecule has 0 saturated carbocycles. The van der Waals surface area contributed by atoms with Gasteiger partial charge in [-0.1, -0.05) is 0 Å². The highest BCUT2D eigenvalue weighted by Crippen LogP contribution is 2.17. The van der Waals surface area contributed by atoms with Gasteiger partial charge in [0.1, 0.15) is 12.0 Å². The van der Waals surface area contributed by atoms with E-state index in [1.165, 1.54) is 6.08 Å². The van der Waals surface area contributed by atoms with Crippen LogP contribution < -0.4 is 11.1 Å². The van der Waals surface area contributed by atoms with Gasteiger partial charge in [-0.15, -0.1) is 4.28 Å². The number of hydrogen-bond donors (Lipinski definition) is 3. The number of hydrogen-bond acceptors (Lipinski definition) is 10. The van der Waals surface area contributed by atoms with E-state index < -0.39 is 22.7 Å². The summed E-state index contributed by atoms with van der Waals surface area (Å²) in [5.41, 5.74) is 5.84. The first kappa shape index (κ1) is 21.1. The van der Waals surface area contributed by atoms with Crippen LogP contribution in [0.1, 0.15) is 6.92 Å². The maximum absolute atomic E-state index is 11.6. The number of guanidine groups is 1. The molecule has 1 atom stereocenters. The Morgan fingerprint density at radius 1 is 1.52 bits per heavy atom. The molecule has 0 radical (unpaired) electrons. The monoisotopic (exact) mass is 383 g/mol. The van der Waals surface area contributed by atoms with Crippen LogP contribution in [0.4, 0.5) is 4.79 Å². The van der Waals surface area contributed by atoms with Crippen LogP contribution in [0.2, 0.25) is 0 Å². The summed E-state index contributed by atoms with van der Waals surface area (Å²) in [5.74, 6) is 0.0790. The van der Waals surface area contributed by atoms with Gasteiger partial charge in [-0.3, -0.25) is 9.87 Å². The first-order valence-electron chi connectivity index (χ1n) is 7.09. The quantitative estimate of drug-likeness (QED) is 0.448. The van der Waals surface area contributed by atoms with Crippen molar-refractivity contribution in [3.63, 3.8) is 0 Å². The van der Waals surface area contributed by atoms with Gasteiger partial charge >= 0.3 is 16.5 Å². The Bertz CT molecular complexity index is 630. The van der Waals surface area contributed by atoms with E-state index in [1.807, 2.05) is 4.90 Å². The molecule has 0 aromatic rings. The Kier molecular flexibility index (Phi) is 7.53. The minimum absolute atomic E-state index is 0. The van der Waals surface area contributed by atoms with Crippen LogP contribution >= 0.6 is 0 Å². The fourth-order valence-corrected chi connectivity index (χ4v) is 2.43. The van der Waals surface area contributed by atoms with Gasteiger partial charge in [-0.25, -0.2) is 4.79 Å². The van der Waals surface area contributed by atoms with Crippen molar-refractivity contribution < 1.29 is 37.0 Å². The van der Waals surface area contributed by atoms with Crippen LogP contribution in [0.15, 0.2) is 16.9 Å². The molecule has 14 heteroatoms. The zero-order valence-electron chi connectivity index (χ0n) is 13.4. The van der Waals surface area contributed by atoms with Gasteiger partial charge in [0.15, 0.2) is 0 Å². The van der Waals surface area contributed by atoms with Crippen molar-refractivity contribution in [3.05, 3.63) is 11.9 Å². The molecule has 1 fully saturated rings.